The van der Waals surface area contributed by atoms with Gasteiger partial charge in [-0.2, -0.15) is 0 Å². The van der Waals surface area contributed by atoms with Gasteiger partial charge in [0.15, 0.2) is 10.1 Å². The van der Waals surface area contributed by atoms with Gasteiger partial charge in [0.2, 0.25) is 5.13 Å². The predicted octanol–water partition coefficient (Wildman–Crippen LogP) is 5.29. The number of thioether (sulfide) groups is 1. The first kappa shape index (κ1) is 15.4. The van der Waals surface area contributed by atoms with Gasteiger partial charge >= 0.3 is 0 Å². The highest BCUT2D eigenvalue weighted by Crippen LogP contribution is 2.31. The summed E-state index contributed by atoms with van der Waals surface area (Å²) < 4.78 is 6.28. The van der Waals surface area contributed by atoms with E-state index in [2.05, 4.69) is 20.7 Å². The van der Waals surface area contributed by atoms with Gasteiger partial charge in [0.05, 0.1) is 10.6 Å². The third kappa shape index (κ3) is 3.66. The first-order valence-electron chi connectivity index (χ1n) is 7.15. The Balaban J connectivity index is 1.36. The number of benzene rings is 1. The lowest BCUT2D eigenvalue weighted by molar-refractivity contribution is 0.427. The molecule has 1 N–H and O–H groups in total. The van der Waals surface area contributed by atoms with E-state index < -0.39 is 0 Å². The highest BCUT2D eigenvalue weighted by atomic mass is 32.2. The van der Waals surface area contributed by atoms with Crippen molar-refractivity contribution in [3.8, 4) is 10.6 Å². The summed E-state index contributed by atoms with van der Waals surface area (Å²) in [6.07, 6.45) is 0. The van der Waals surface area contributed by atoms with E-state index in [1.165, 1.54) is 11.3 Å². The van der Waals surface area contributed by atoms with Crippen LogP contribution >= 0.6 is 34.4 Å². The normalized spacial score (nSPS) is 10.8. The van der Waals surface area contributed by atoms with Gasteiger partial charge in [0.25, 0.3) is 0 Å². The van der Waals surface area contributed by atoms with Crippen molar-refractivity contribution in [2.45, 2.75) is 10.1 Å². The molecule has 8 heteroatoms. The zero-order chi connectivity index (χ0) is 16.2. The molecular weight excluding hydrogens is 360 g/mol. The molecule has 0 amide bonds. The molecule has 3 aromatic heterocycles. The number of anilines is 2. The zero-order valence-electron chi connectivity index (χ0n) is 12.4. The van der Waals surface area contributed by atoms with E-state index >= 15 is 0 Å². The third-order valence-electron chi connectivity index (χ3n) is 3.10. The number of hydrogen-bond donors (Lipinski definition) is 1. The molecule has 0 unspecified atom stereocenters. The minimum absolute atomic E-state index is 0.703. The molecule has 4 rings (SSSR count). The molecule has 120 valence electrons. The maximum Gasteiger partial charge on any atom is 0.210 e. The van der Waals surface area contributed by atoms with Crippen LogP contribution in [-0.4, -0.2) is 15.4 Å². The summed E-state index contributed by atoms with van der Waals surface area (Å²) in [4.78, 5) is 1.09. The number of para-hydroxylation sites is 1. The van der Waals surface area contributed by atoms with E-state index in [1.807, 2.05) is 53.9 Å². The summed E-state index contributed by atoms with van der Waals surface area (Å²) in [5.41, 5.74) is 1.90. The molecule has 0 aliphatic heterocycles. The molecule has 1 aromatic carbocycles. The average molecular weight is 373 g/mol. The van der Waals surface area contributed by atoms with Crippen LogP contribution in [0.4, 0.5) is 10.8 Å². The molecule has 0 aliphatic rings. The minimum atomic E-state index is 0.703. The highest BCUT2D eigenvalue weighted by molar-refractivity contribution is 8.00. The molecule has 5 nitrogen and oxygen atoms in total. The number of nitrogens with zero attached hydrogens (tertiary/aromatic N) is 3. The van der Waals surface area contributed by atoms with Crippen LogP contribution in [0, 0.1) is 0 Å². The van der Waals surface area contributed by atoms with Crippen LogP contribution < -0.4 is 5.32 Å². The van der Waals surface area contributed by atoms with Gasteiger partial charge in [0.1, 0.15) is 0 Å². The van der Waals surface area contributed by atoms with E-state index in [-0.39, 0.29) is 0 Å². The Morgan fingerprint density at radius 2 is 2.00 bits per heavy atom. The van der Waals surface area contributed by atoms with Crippen LogP contribution in [0.1, 0.15) is 5.69 Å². The van der Waals surface area contributed by atoms with Crippen LogP contribution in [0.15, 0.2) is 62.8 Å². The van der Waals surface area contributed by atoms with E-state index in [1.54, 1.807) is 23.1 Å². The van der Waals surface area contributed by atoms with Crippen LogP contribution in [0.3, 0.4) is 0 Å². The van der Waals surface area contributed by atoms with Gasteiger partial charge in [-0.05, 0) is 23.6 Å². The predicted molar refractivity (Wildman–Crippen MR) is 99.0 cm³/mol. The van der Waals surface area contributed by atoms with Crippen molar-refractivity contribution >= 4 is 45.3 Å². The second-order valence-electron chi connectivity index (χ2n) is 4.81. The average Bonchev–Trinajstić information content (AvgIpc) is 3.35. The standard InChI is InChI=1S/C16H12N4OS3/c1-2-5-11(6-3-1)17-15-18-19-16(24-15)23-10-12-9-13(21-20-12)14-7-4-8-22-14/h1-9H,10H2,(H,17,18). The van der Waals surface area contributed by atoms with Crippen molar-refractivity contribution in [2.24, 2.45) is 0 Å². The van der Waals surface area contributed by atoms with Crippen molar-refractivity contribution < 1.29 is 4.52 Å². The molecular formula is C16H12N4OS3. The van der Waals surface area contributed by atoms with Crippen molar-refractivity contribution in [2.75, 3.05) is 5.32 Å². The molecule has 0 aliphatic carbocycles. The Morgan fingerprint density at radius 1 is 1.08 bits per heavy atom. The van der Waals surface area contributed by atoms with E-state index in [4.69, 9.17) is 4.52 Å². The van der Waals surface area contributed by atoms with E-state index in [0.29, 0.717) is 5.75 Å². The molecule has 0 bridgehead atoms. The molecule has 0 fully saturated rings. The lowest BCUT2D eigenvalue weighted by Gasteiger charge is -1.99. The first-order valence-corrected chi connectivity index (χ1v) is 9.83. The van der Waals surface area contributed by atoms with Crippen LogP contribution in [0.5, 0.6) is 0 Å². The first-order chi connectivity index (χ1) is 11.9. The molecule has 3 heterocycles. The van der Waals surface area contributed by atoms with E-state index in [9.17, 15) is 0 Å². The smallest absolute Gasteiger partial charge is 0.210 e. The Kier molecular flexibility index (Phi) is 4.59. The summed E-state index contributed by atoms with van der Waals surface area (Å²) >= 11 is 4.77. The zero-order valence-corrected chi connectivity index (χ0v) is 14.8. The number of nitrogens with one attached hydrogen (secondary N) is 1. The van der Waals surface area contributed by atoms with Crippen LogP contribution in [0.25, 0.3) is 10.6 Å². The van der Waals surface area contributed by atoms with E-state index in [0.717, 1.165) is 31.5 Å². The highest BCUT2D eigenvalue weighted by Gasteiger charge is 2.10. The second-order valence-corrected chi connectivity index (χ2v) is 7.96. The SMILES string of the molecule is c1ccc(Nc2nnc(SCc3cc(-c4cccs4)on3)s2)cc1. The molecule has 24 heavy (non-hydrogen) atoms. The van der Waals surface area contributed by atoms with Crippen molar-refractivity contribution in [1.82, 2.24) is 15.4 Å². The number of thiophene rings is 1. The second kappa shape index (κ2) is 7.16. The van der Waals surface area contributed by atoms with Gasteiger partial charge in [-0.3, -0.25) is 0 Å². The minimum Gasteiger partial charge on any atom is -0.355 e. The summed E-state index contributed by atoms with van der Waals surface area (Å²) in [6, 6.07) is 15.9. The van der Waals surface area contributed by atoms with Crippen molar-refractivity contribution in [1.29, 1.82) is 0 Å². The topological polar surface area (TPSA) is 63.8 Å². The fourth-order valence-electron chi connectivity index (χ4n) is 2.01. The fraction of sp³-hybridized carbons (Fsp3) is 0.0625. The van der Waals surface area contributed by atoms with Crippen LogP contribution in [-0.2, 0) is 5.75 Å². The molecule has 0 saturated heterocycles. The molecule has 0 spiro atoms. The largest absolute Gasteiger partial charge is 0.355 e. The molecule has 4 aromatic rings. The molecule has 0 radical (unpaired) electrons. The lowest BCUT2D eigenvalue weighted by Crippen LogP contribution is -1.87. The summed E-state index contributed by atoms with van der Waals surface area (Å²) in [6.45, 7) is 0. The van der Waals surface area contributed by atoms with Gasteiger partial charge in [-0.15, -0.1) is 21.5 Å². The monoisotopic (exact) mass is 372 g/mol. The molecule has 0 saturated carbocycles. The van der Waals surface area contributed by atoms with Gasteiger partial charge < -0.3 is 9.84 Å². The van der Waals surface area contributed by atoms with Gasteiger partial charge in [-0.25, -0.2) is 0 Å². The Labute approximate surface area is 150 Å². The fourth-order valence-corrected chi connectivity index (χ4v) is 4.34. The number of rotatable bonds is 6. The number of aromatic nitrogens is 3. The Morgan fingerprint density at radius 3 is 2.83 bits per heavy atom. The maximum absolute atomic E-state index is 5.38. The van der Waals surface area contributed by atoms with Crippen molar-refractivity contribution in [3.05, 3.63) is 59.6 Å². The van der Waals surface area contributed by atoms with Gasteiger partial charge in [0, 0.05) is 17.5 Å². The molecule has 0 atom stereocenters. The maximum atomic E-state index is 5.38. The van der Waals surface area contributed by atoms with Crippen LogP contribution in [0.2, 0.25) is 0 Å². The lowest BCUT2D eigenvalue weighted by atomic mass is 10.3. The Bertz CT molecular complexity index is 902. The van der Waals surface area contributed by atoms with Gasteiger partial charge in [-0.1, -0.05) is 52.5 Å². The summed E-state index contributed by atoms with van der Waals surface area (Å²) in [5, 5.41) is 18.5. The van der Waals surface area contributed by atoms with Crippen molar-refractivity contribution in [3.63, 3.8) is 0 Å². The Hall–Kier alpha value is -2.16. The quantitative estimate of drug-likeness (QED) is 0.464. The number of hydrogen-bond acceptors (Lipinski definition) is 8. The summed E-state index contributed by atoms with van der Waals surface area (Å²) in [7, 11) is 0. The third-order valence-corrected chi connectivity index (χ3v) is 5.99. The summed E-state index contributed by atoms with van der Waals surface area (Å²) in [5.74, 6) is 1.51.